The number of hydrazine groups is 1. The summed E-state index contributed by atoms with van der Waals surface area (Å²) in [5.41, 5.74) is 8.25. The average molecular weight is 312 g/mol. The smallest absolute Gasteiger partial charge is 0.0478 e. The molecule has 2 atom stereocenters. The molecule has 1 heterocycles. The second-order valence-corrected chi connectivity index (χ2v) is 6.88. The summed E-state index contributed by atoms with van der Waals surface area (Å²) in [5, 5.41) is 3.54. The number of rotatable bonds is 3. The molecular formula is C14H22BrN3. The van der Waals surface area contributed by atoms with E-state index in [0.29, 0.717) is 12.1 Å². The maximum atomic E-state index is 3.54. The number of hydrogen-bond acceptors (Lipinski definition) is 3. The fourth-order valence-corrected chi connectivity index (χ4v) is 2.54. The molecule has 100 valence electrons. The second-order valence-electron chi connectivity index (χ2n) is 5.96. The minimum Gasteiger partial charge on any atom is -0.310 e. The number of halogens is 1. The molecule has 0 radical (unpaired) electrons. The standard InChI is InChI=1S/C14H22BrN3/c1-14(2,3)16-9-12-8-13(18-17-12)10-5-4-6-11(15)7-10/h4-7,12-13,16-18H,8-9H2,1-3H3. The Kier molecular flexibility index (Phi) is 4.43. The molecule has 0 aliphatic carbocycles. The van der Waals surface area contributed by atoms with Crippen LogP contribution >= 0.6 is 15.9 Å². The van der Waals surface area contributed by atoms with Crippen LogP contribution in [0.2, 0.25) is 0 Å². The SMILES string of the molecule is CC(C)(C)NCC1CC(c2cccc(Br)c2)NN1. The molecule has 0 bridgehead atoms. The maximum Gasteiger partial charge on any atom is 0.0478 e. The molecule has 1 aromatic carbocycles. The quantitative estimate of drug-likeness (QED) is 0.803. The predicted octanol–water partition coefficient (Wildman–Crippen LogP) is 2.74. The number of benzene rings is 1. The molecule has 1 aliphatic rings. The first-order chi connectivity index (χ1) is 8.44. The Bertz CT molecular complexity index is 400. The van der Waals surface area contributed by atoms with Crippen molar-refractivity contribution >= 4 is 15.9 Å². The van der Waals surface area contributed by atoms with Crippen molar-refractivity contribution in [2.24, 2.45) is 0 Å². The van der Waals surface area contributed by atoms with Gasteiger partial charge in [0.25, 0.3) is 0 Å². The summed E-state index contributed by atoms with van der Waals surface area (Å²) in [6.45, 7) is 7.57. The highest BCUT2D eigenvalue weighted by Gasteiger charge is 2.25. The lowest BCUT2D eigenvalue weighted by Gasteiger charge is -2.22. The van der Waals surface area contributed by atoms with E-state index in [2.05, 4.69) is 77.1 Å². The summed E-state index contributed by atoms with van der Waals surface area (Å²) in [5.74, 6) is 0. The van der Waals surface area contributed by atoms with Crippen LogP contribution in [0.3, 0.4) is 0 Å². The second kappa shape index (κ2) is 5.70. The Labute approximate surface area is 118 Å². The van der Waals surface area contributed by atoms with E-state index >= 15 is 0 Å². The third kappa shape index (κ3) is 4.05. The van der Waals surface area contributed by atoms with Crippen molar-refractivity contribution in [1.29, 1.82) is 0 Å². The number of hydrogen-bond donors (Lipinski definition) is 3. The highest BCUT2D eigenvalue weighted by molar-refractivity contribution is 9.10. The summed E-state index contributed by atoms with van der Waals surface area (Å²) < 4.78 is 1.14. The van der Waals surface area contributed by atoms with E-state index in [4.69, 9.17) is 0 Å². The molecule has 0 aromatic heterocycles. The Balaban J connectivity index is 1.89. The van der Waals surface area contributed by atoms with E-state index in [1.807, 2.05) is 0 Å². The van der Waals surface area contributed by atoms with Gasteiger partial charge in [-0.15, -0.1) is 0 Å². The molecule has 2 rings (SSSR count). The zero-order valence-corrected chi connectivity index (χ0v) is 12.8. The van der Waals surface area contributed by atoms with Gasteiger partial charge >= 0.3 is 0 Å². The van der Waals surface area contributed by atoms with Crippen LogP contribution in [0.5, 0.6) is 0 Å². The van der Waals surface area contributed by atoms with Crippen molar-refractivity contribution in [2.75, 3.05) is 6.54 Å². The minimum absolute atomic E-state index is 0.176. The van der Waals surface area contributed by atoms with Crippen LogP contribution in [0, 0.1) is 0 Å². The van der Waals surface area contributed by atoms with Crippen LogP contribution in [0.25, 0.3) is 0 Å². The Morgan fingerprint density at radius 1 is 1.33 bits per heavy atom. The zero-order chi connectivity index (χ0) is 13.2. The van der Waals surface area contributed by atoms with Crippen molar-refractivity contribution < 1.29 is 0 Å². The Morgan fingerprint density at radius 2 is 2.11 bits per heavy atom. The first kappa shape index (κ1) is 14.0. The number of nitrogens with one attached hydrogen (secondary N) is 3. The van der Waals surface area contributed by atoms with Gasteiger partial charge < -0.3 is 5.32 Å². The van der Waals surface area contributed by atoms with E-state index in [9.17, 15) is 0 Å². The lowest BCUT2D eigenvalue weighted by molar-refractivity contribution is 0.389. The van der Waals surface area contributed by atoms with Gasteiger partial charge in [0.1, 0.15) is 0 Å². The third-order valence-corrected chi connectivity index (χ3v) is 3.60. The Hall–Kier alpha value is -0.420. The van der Waals surface area contributed by atoms with Crippen LogP contribution < -0.4 is 16.2 Å². The van der Waals surface area contributed by atoms with Gasteiger partial charge in [-0.3, -0.25) is 5.43 Å². The van der Waals surface area contributed by atoms with E-state index in [1.54, 1.807) is 0 Å². The van der Waals surface area contributed by atoms with Crippen molar-refractivity contribution in [3.05, 3.63) is 34.3 Å². The monoisotopic (exact) mass is 311 g/mol. The van der Waals surface area contributed by atoms with Crippen molar-refractivity contribution in [2.45, 2.75) is 44.8 Å². The lowest BCUT2D eigenvalue weighted by atomic mass is 10.0. The zero-order valence-electron chi connectivity index (χ0n) is 11.3. The molecule has 1 fully saturated rings. The molecule has 2 unspecified atom stereocenters. The maximum absolute atomic E-state index is 3.54. The molecule has 0 saturated carbocycles. The lowest BCUT2D eigenvalue weighted by Crippen LogP contribution is -2.45. The van der Waals surface area contributed by atoms with Crippen LogP contribution in [-0.4, -0.2) is 18.1 Å². The van der Waals surface area contributed by atoms with E-state index < -0.39 is 0 Å². The molecule has 3 N–H and O–H groups in total. The molecule has 1 aliphatic heterocycles. The van der Waals surface area contributed by atoms with E-state index in [1.165, 1.54) is 5.56 Å². The van der Waals surface area contributed by atoms with Gasteiger partial charge in [0, 0.05) is 28.6 Å². The van der Waals surface area contributed by atoms with Gasteiger partial charge in [-0.1, -0.05) is 28.1 Å². The van der Waals surface area contributed by atoms with E-state index in [0.717, 1.165) is 17.4 Å². The third-order valence-electron chi connectivity index (χ3n) is 3.11. The molecular weight excluding hydrogens is 290 g/mol. The molecule has 4 heteroatoms. The van der Waals surface area contributed by atoms with Gasteiger partial charge in [0.15, 0.2) is 0 Å². The van der Waals surface area contributed by atoms with Gasteiger partial charge in [-0.05, 0) is 44.9 Å². The summed E-state index contributed by atoms with van der Waals surface area (Å²) in [7, 11) is 0. The van der Waals surface area contributed by atoms with Crippen molar-refractivity contribution in [1.82, 2.24) is 16.2 Å². The van der Waals surface area contributed by atoms with Crippen LogP contribution in [-0.2, 0) is 0 Å². The normalized spacial score (nSPS) is 24.4. The molecule has 0 spiro atoms. The van der Waals surface area contributed by atoms with Crippen LogP contribution in [0.4, 0.5) is 0 Å². The van der Waals surface area contributed by atoms with Gasteiger partial charge in [0.2, 0.25) is 0 Å². The first-order valence-electron chi connectivity index (χ1n) is 6.45. The summed E-state index contributed by atoms with van der Waals surface area (Å²) >= 11 is 3.52. The summed E-state index contributed by atoms with van der Waals surface area (Å²) in [6.07, 6.45) is 1.11. The van der Waals surface area contributed by atoms with Crippen LogP contribution in [0.15, 0.2) is 28.7 Å². The summed E-state index contributed by atoms with van der Waals surface area (Å²) in [6, 6.07) is 9.37. The topological polar surface area (TPSA) is 36.1 Å². The molecule has 0 amide bonds. The minimum atomic E-state index is 0.176. The fraction of sp³-hybridized carbons (Fsp3) is 0.571. The molecule has 3 nitrogen and oxygen atoms in total. The highest BCUT2D eigenvalue weighted by atomic mass is 79.9. The molecule has 1 aromatic rings. The van der Waals surface area contributed by atoms with Crippen molar-refractivity contribution in [3.63, 3.8) is 0 Å². The van der Waals surface area contributed by atoms with Gasteiger partial charge in [-0.2, -0.15) is 0 Å². The van der Waals surface area contributed by atoms with E-state index in [-0.39, 0.29) is 5.54 Å². The van der Waals surface area contributed by atoms with Gasteiger partial charge in [-0.25, -0.2) is 5.43 Å². The molecule has 1 saturated heterocycles. The summed E-state index contributed by atoms with van der Waals surface area (Å²) in [4.78, 5) is 0. The predicted molar refractivity (Wildman–Crippen MR) is 79.3 cm³/mol. The average Bonchev–Trinajstić information content (AvgIpc) is 2.74. The molecule has 18 heavy (non-hydrogen) atoms. The Morgan fingerprint density at radius 3 is 2.78 bits per heavy atom. The van der Waals surface area contributed by atoms with Gasteiger partial charge in [0.05, 0.1) is 0 Å². The first-order valence-corrected chi connectivity index (χ1v) is 7.25. The van der Waals surface area contributed by atoms with Crippen molar-refractivity contribution in [3.8, 4) is 0 Å². The largest absolute Gasteiger partial charge is 0.310 e. The fourth-order valence-electron chi connectivity index (χ4n) is 2.13. The van der Waals surface area contributed by atoms with Crippen LogP contribution in [0.1, 0.15) is 38.8 Å². The highest BCUT2D eigenvalue weighted by Crippen LogP contribution is 2.24.